The number of rotatable bonds is 5. The van der Waals surface area contributed by atoms with Crippen LogP contribution in [0, 0.1) is 11.8 Å². The second kappa shape index (κ2) is 8.79. The molecule has 0 radical (unpaired) electrons. The number of likely N-dealkylation sites (N-methyl/N-ethyl adjacent to an activating group) is 2. The largest absolute Gasteiger partial charge is 0.480 e. The third-order valence-electron chi connectivity index (χ3n) is 6.55. The van der Waals surface area contributed by atoms with Gasteiger partial charge in [0.2, 0.25) is 5.91 Å². The van der Waals surface area contributed by atoms with Crippen molar-refractivity contribution in [2.24, 2.45) is 11.8 Å². The Bertz CT molecular complexity index is 726. The molecule has 0 bridgehead atoms. The second-order valence-electron chi connectivity index (χ2n) is 9.07. The average molecular weight is 403 g/mol. The van der Waals surface area contributed by atoms with E-state index >= 15 is 0 Å². The lowest BCUT2D eigenvalue weighted by molar-refractivity contribution is -0.151. The van der Waals surface area contributed by atoms with Crippen molar-refractivity contribution in [1.82, 2.24) is 19.7 Å². The van der Waals surface area contributed by atoms with Crippen molar-refractivity contribution < 1.29 is 14.7 Å². The van der Waals surface area contributed by atoms with Crippen LogP contribution in [0.2, 0.25) is 0 Å². The van der Waals surface area contributed by atoms with Gasteiger partial charge in [0.15, 0.2) is 0 Å². The van der Waals surface area contributed by atoms with Gasteiger partial charge in [-0.1, -0.05) is 19.9 Å². The Morgan fingerprint density at radius 3 is 2.62 bits per heavy atom. The molecular weight excluding hydrogens is 368 g/mol. The van der Waals surface area contributed by atoms with Gasteiger partial charge in [0.25, 0.3) is 0 Å². The maximum Gasteiger partial charge on any atom is 0.324 e. The monoisotopic (exact) mass is 402 g/mol. The van der Waals surface area contributed by atoms with Crippen LogP contribution < -0.4 is 0 Å². The lowest BCUT2D eigenvalue weighted by Gasteiger charge is -2.36. The quantitative estimate of drug-likeness (QED) is 0.813. The highest BCUT2D eigenvalue weighted by atomic mass is 16.4. The van der Waals surface area contributed by atoms with Gasteiger partial charge in [0.1, 0.15) is 5.54 Å². The molecule has 29 heavy (non-hydrogen) atoms. The minimum Gasteiger partial charge on any atom is -0.480 e. The molecule has 0 unspecified atom stereocenters. The number of aliphatic carboxylic acids is 1. The van der Waals surface area contributed by atoms with Crippen LogP contribution in [-0.2, 0) is 9.59 Å². The minimum absolute atomic E-state index is 0.0767. The second-order valence-corrected chi connectivity index (χ2v) is 9.07. The Balaban J connectivity index is 1.98. The van der Waals surface area contributed by atoms with E-state index in [1.165, 1.54) is 0 Å². The number of carbonyl (C=O) groups excluding carboxylic acids is 1. The van der Waals surface area contributed by atoms with Gasteiger partial charge in [-0.15, -0.1) is 0 Å². The number of hydrogen-bond acceptors (Lipinski definition) is 5. The van der Waals surface area contributed by atoms with Gasteiger partial charge in [-0.25, -0.2) is 0 Å². The first-order valence-electron chi connectivity index (χ1n) is 10.6. The normalized spacial score (nSPS) is 29.2. The van der Waals surface area contributed by atoms with Crippen LogP contribution in [0.3, 0.4) is 0 Å². The van der Waals surface area contributed by atoms with E-state index in [1.54, 1.807) is 12.4 Å². The molecule has 0 aromatic carbocycles. The van der Waals surface area contributed by atoms with E-state index in [-0.39, 0.29) is 23.8 Å². The summed E-state index contributed by atoms with van der Waals surface area (Å²) in [5.41, 5.74) is -0.135. The predicted molar refractivity (Wildman–Crippen MR) is 111 cm³/mol. The minimum atomic E-state index is -1.04. The van der Waals surface area contributed by atoms with Crippen molar-refractivity contribution >= 4 is 11.9 Å². The van der Waals surface area contributed by atoms with Gasteiger partial charge in [0.05, 0.1) is 5.92 Å². The molecule has 3 heterocycles. The first kappa shape index (κ1) is 21.7. The predicted octanol–water partition coefficient (Wildman–Crippen LogP) is 2.11. The van der Waals surface area contributed by atoms with Crippen molar-refractivity contribution in [3.63, 3.8) is 0 Å². The van der Waals surface area contributed by atoms with Gasteiger partial charge < -0.3 is 14.9 Å². The average Bonchev–Trinajstić information content (AvgIpc) is 2.82. The molecule has 160 valence electrons. The van der Waals surface area contributed by atoms with E-state index in [0.717, 1.165) is 31.6 Å². The highest BCUT2D eigenvalue weighted by molar-refractivity contribution is 5.85. The van der Waals surface area contributed by atoms with Gasteiger partial charge >= 0.3 is 5.97 Å². The van der Waals surface area contributed by atoms with Crippen LogP contribution in [0.1, 0.15) is 44.7 Å². The summed E-state index contributed by atoms with van der Waals surface area (Å²) in [5, 5.41) is 10.2. The fourth-order valence-corrected chi connectivity index (χ4v) is 5.11. The number of hydrogen-bond donors (Lipinski definition) is 1. The van der Waals surface area contributed by atoms with Crippen LogP contribution in [0.4, 0.5) is 0 Å². The Labute approximate surface area is 173 Å². The molecule has 1 aromatic rings. The molecule has 1 amide bonds. The van der Waals surface area contributed by atoms with Gasteiger partial charge in [-0.05, 0) is 57.5 Å². The van der Waals surface area contributed by atoms with Gasteiger partial charge in [-0.2, -0.15) is 0 Å². The van der Waals surface area contributed by atoms with E-state index in [1.807, 2.05) is 42.8 Å². The van der Waals surface area contributed by atoms with Crippen molar-refractivity contribution in [1.29, 1.82) is 0 Å². The summed E-state index contributed by atoms with van der Waals surface area (Å²) in [5.74, 6) is -0.937. The lowest BCUT2D eigenvalue weighted by Crippen LogP contribution is -2.50. The number of pyridine rings is 1. The molecule has 1 aromatic heterocycles. The molecule has 0 spiro atoms. The van der Waals surface area contributed by atoms with Crippen molar-refractivity contribution in [3.8, 4) is 0 Å². The number of carboxylic acids is 1. The van der Waals surface area contributed by atoms with Crippen LogP contribution in [0.5, 0.6) is 0 Å². The Hall–Kier alpha value is -1.99. The van der Waals surface area contributed by atoms with Gasteiger partial charge in [0, 0.05) is 38.1 Å². The highest BCUT2D eigenvalue weighted by Gasteiger charge is 2.57. The Morgan fingerprint density at radius 1 is 1.24 bits per heavy atom. The summed E-state index contributed by atoms with van der Waals surface area (Å²) in [7, 11) is 3.94. The first-order valence-corrected chi connectivity index (χ1v) is 10.6. The third-order valence-corrected chi connectivity index (χ3v) is 6.55. The number of aromatic nitrogens is 1. The van der Waals surface area contributed by atoms with E-state index in [0.29, 0.717) is 19.4 Å². The Morgan fingerprint density at radius 2 is 2.00 bits per heavy atom. The fraction of sp³-hybridized carbons (Fsp3) is 0.682. The third kappa shape index (κ3) is 4.31. The summed E-state index contributed by atoms with van der Waals surface area (Å²) in [4.78, 5) is 36.5. The number of carbonyl (C=O) groups is 2. The van der Waals surface area contributed by atoms with Crippen molar-refractivity contribution in [3.05, 3.63) is 30.1 Å². The highest BCUT2D eigenvalue weighted by Crippen LogP contribution is 2.49. The molecule has 2 fully saturated rings. The summed E-state index contributed by atoms with van der Waals surface area (Å²) in [6.45, 7) is 7.33. The summed E-state index contributed by atoms with van der Waals surface area (Å²) >= 11 is 0. The van der Waals surface area contributed by atoms with E-state index in [4.69, 9.17) is 0 Å². The molecule has 2 aliphatic rings. The molecular formula is C22H34N4O3. The zero-order valence-electron chi connectivity index (χ0n) is 18.0. The number of amides is 1. The smallest absolute Gasteiger partial charge is 0.324 e. The molecule has 3 rings (SSSR count). The maximum absolute atomic E-state index is 13.7. The molecule has 7 heteroatoms. The Kier molecular flexibility index (Phi) is 6.58. The van der Waals surface area contributed by atoms with Crippen LogP contribution in [-0.4, -0.2) is 82.5 Å². The standard InChI is InChI=1S/C22H34N4O3/c1-16(2)13-22(21(28)29)14-18(19(25(22)4)17-7-5-8-23-15-17)20(27)26-10-6-9-24(3)11-12-26/h5,7-8,15-16,18-19H,6,9-14H2,1-4H3,(H,28,29)/t18-,19-,22-/m0/s1. The molecule has 3 atom stereocenters. The zero-order valence-corrected chi connectivity index (χ0v) is 18.0. The molecule has 0 saturated carbocycles. The fourth-order valence-electron chi connectivity index (χ4n) is 5.11. The van der Waals surface area contributed by atoms with E-state index in [9.17, 15) is 14.7 Å². The maximum atomic E-state index is 13.7. The summed E-state index contributed by atoms with van der Waals surface area (Å²) in [6, 6.07) is 3.53. The molecule has 2 saturated heterocycles. The summed E-state index contributed by atoms with van der Waals surface area (Å²) < 4.78 is 0. The topological polar surface area (TPSA) is 77.0 Å². The molecule has 1 N–H and O–H groups in total. The van der Waals surface area contributed by atoms with Crippen LogP contribution in [0.25, 0.3) is 0 Å². The number of likely N-dealkylation sites (tertiary alicyclic amines) is 1. The SMILES string of the molecule is CC(C)C[C@@]1(C(=O)O)C[C@H](C(=O)N2CCCN(C)CC2)[C@H](c2cccnc2)N1C. The number of carboxylic acid groups (broad SMARTS) is 1. The molecule has 7 nitrogen and oxygen atoms in total. The zero-order chi connectivity index (χ0) is 21.2. The number of nitrogens with zero attached hydrogens (tertiary/aromatic N) is 4. The lowest BCUT2D eigenvalue weighted by atomic mass is 9.83. The van der Waals surface area contributed by atoms with E-state index in [2.05, 4.69) is 16.9 Å². The van der Waals surface area contributed by atoms with Gasteiger partial charge in [-0.3, -0.25) is 19.5 Å². The molecule has 2 aliphatic heterocycles. The van der Waals surface area contributed by atoms with Crippen LogP contribution >= 0.6 is 0 Å². The summed E-state index contributed by atoms with van der Waals surface area (Å²) in [6.07, 6.45) is 5.27. The van der Waals surface area contributed by atoms with Crippen molar-refractivity contribution in [2.75, 3.05) is 40.3 Å². The van der Waals surface area contributed by atoms with Crippen LogP contribution in [0.15, 0.2) is 24.5 Å². The van der Waals surface area contributed by atoms with E-state index < -0.39 is 11.5 Å². The van der Waals surface area contributed by atoms with Crippen molar-refractivity contribution in [2.45, 2.75) is 44.7 Å². The first-order chi connectivity index (χ1) is 13.8. The molecule has 0 aliphatic carbocycles.